The Morgan fingerprint density at radius 1 is 1.18 bits per heavy atom. The van der Waals surface area contributed by atoms with Crippen LogP contribution in [0.1, 0.15) is 32.6 Å². The quantitative estimate of drug-likeness (QED) is 0.800. The van der Waals surface area contributed by atoms with Gasteiger partial charge in [-0.1, -0.05) is 12.5 Å². The van der Waals surface area contributed by atoms with Crippen LogP contribution in [-0.4, -0.2) is 42.5 Å². The zero-order chi connectivity index (χ0) is 15.5. The number of rotatable bonds is 4. The van der Waals surface area contributed by atoms with Gasteiger partial charge in [0.15, 0.2) is 0 Å². The highest BCUT2D eigenvalue weighted by Crippen LogP contribution is 2.29. The van der Waals surface area contributed by atoms with Gasteiger partial charge in [-0.05, 0) is 45.0 Å². The number of hydrogen-bond donors (Lipinski definition) is 0. The van der Waals surface area contributed by atoms with Crippen molar-refractivity contribution in [3.05, 3.63) is 24.3 Å². The fourth-order valence-corrected chi connectivity index (χ4v) is 3.28. The molecule has 5 nitrogen and oxygen atoms in total. The maximum Gasteiger partial charge on any atom is 0.251 e. The highest BCUT2D eigenvalue weighted by Gasteiger charge is 2.42. The molecule has 2 heterocycles. The Bertz CT molecular complexity index is 567. The van der Waals surface area contributed by atoms with E-state index >= 15 is 0 Å². The van der Waals surface area contributed by atoms with Crippen LogP contribution in [0.5, 0.6) is 5.75 Å². The van der Waals surface area contributed by atoms with Gasteiger partial charge in [0.25, 0.3) is 5.91 Å². The van der Waals surface area contributed by atoms with E-state index in [-0.39, 0.29) is 24.3 Å². The molecule has 1 atom stereocenters. The first-order valence-electron chi connectivity index (χ1n) is 8.04. The van der Waals surface area contributed by atoms with E-state index in [1.165, 1.54) is 11.3 Å². The van der Waals surface area contributed by atoms with Gasteiger partial charge in [-0.3, -0.25) is 14.5 Å². The van der Waals surface area contributed by atoms with Gasteiger partial charge in [-0.25, -0.2) is 4.90 Å². The molecule has 5 heteroatoms. The van der Waals surface area contributed by atoms with Crippen molar-refractivity contribution in [2.24, 2.45) is 0 Å². The lowest BCUT2D eigenvalue weighted by Crippen LogP contribution is -2.44. The Labute approximate surface area is 130 Å². The van der Waals surface area contributed by atoms with Crippen molar-refractivity contribution in [3.63, 3.8) is 0 Å². The predicted octanol–water partition coefficient (Wildman–Crippen LogP) is 2.20. The van der Waals surface area contributed by atoms with Crippen LogP contribution in [0.25, 0.3) is 0 Å². The SMILES string of the molecule is CCOc1cccc(N2C(=O)CC(N3CCCCC3)C2=O)c1. The van der Waals surface area contributed by atoms with Gasteiger partial charge >= 0.3 is 0 Å². The largest absolute Gasteiger partial charge is 0.494 e. The van der Waals surface area contributed by atoms with E-state index in [1.54, 1.807) is 12.1 Å². The summed E-state index contributed by atoms with van der Waals surface area (Å²) in [6.07, 6.45) is 3.72. The van der Waals surface area contributed by atoms with Crippen LogP contribution in [0.15, 0.2) is 24.3 Å². The molecule has 0 aromatic heterocycles. The van der Waals surface area contributed by atoms with Gasteiger partial charge in [-0.2, -0.15) is 0 Å². The maximum atomic E-state index is 12.7. The summed E-state index contributed by atoms with van der Waals surface area (Å²) < 4.78 is 5.46. The molecule has 0 aliphatic carbocycles. The first-order valence-corrected chi connectivity index (χ1v) is 8.04. The lowest BCUT2D eigenvalue weighted by Gasteiger charge is -2.30. The summed E-state index contributed by atoms with van der Waals surface area (Å²) in [4.78, 5) is 28.5. The Morgan fingerprint density at radius 3 is 2.68 bits per heavy atom. The molecule has 0 spiro atoms. The van der Waals surface area contributed by atoms with Crippen molar-refractivity contribution in [3.8, 4) is 5.75 Å². The molecule has 118 valence electrons. The number of hydrogen-bond acceptors (Lipinski definition) is 4. The summed E-state index contributed by atoms with van der Waals surface area (Å²) >= 11 is 0. The summed E-state index contributed by atoms with van der Waals surface area (Å²) in [5.41, 5.74) is 0.612. The van der Waals surface area contributed by atoms with Crippen molar-refractivity contribution < 1.29 is 14.3 Å². The molecule has 0 radical (unpaired) electrons. The summed E-state index contributed by atoms with van der Waals surface area (Å²) in [6.45, 7) is 4.29. The summed E-state index contributed by atoms with van der Waals surface area (Å²) in [5.74, 6) is 0.469. The number of imide groups is 1. The number of ether oxygens (including phenoxy) is 1. The number of anilines is 1. The summed E-state index contributed by atoms with van der Waals surface area (Å²) in [7, 11) is 0. The number of nitrogens with zero attached hydrogens (tertiary/aromatic N) is 2. The molecule has 2 aliphatic heterocycles. The van der Waals surface area contributed by atoms with Crippen LogP contribution < -0.4 is 9.64 Å². The highest BCUT2D eigenvalue weighted by molar-refractivity contribution is 6.22. The molecule has 1 unspecified atom stereocenters. The molecular weight excluding hydrogens is 280 g/mol. The van der Waals surface area contributed by atoms with Crippen LogP contribution in [0, 0.1) is 0 Å². The molecule has 3 rings (SSSR count). The minimum absolute atomic E-state index is 0.0967. The minimum atomic E-state index is -0.288. The minimum Gasteiger partial charge on any atom is -0.494 e. The van der Waals surface area contributed by atoms with E-state index in [4.69, 9.17) is 4.74 Å². The molecule has 0 N–H and O–H groups in total. The summed E-state index contributed by atoms with van der Waals surface area (Å²) in [6, 6.07) is 6.91. The van der Waals surface area contributed by atoms with E-state index in [9.17, 15) is 9.59 Å². The zero-order valence-electron chi connectivity index (χ0n) is 13.0. The number of likely N-dealkylation sites (tertiary alicyclic amines) is 1. The third kappa shape index (κ3) is 2.86. The molecule has 2 saturated heterocycles. The van der Waals surface area contributed by atoms with Crippen LogP contribution in [-0.2, 0) is 9.59 Å². The molecule has 1 aromatic rings. The lowest BCUT2D eigenvalue weighted by atomic mass is 10.1. The van der Waals surface area contributed by atoms with E-state index in [1.807, 2.05) is 19.1 Å². The number of carbonyl (C=O) groups is 2. The van der Waals surface area contributed by atoms with Crippen molar-refractivity contribution in [1.82, 2.24) is 4.90 Å². The van der Waals surface area contributed by atoms with E-state index in [2.05, 4.69) is 4.90 Å². The second kappa shape index (κ2) is 6.48. The molecule has 2 fully saturated rings. The predicted molar refractivity (Wildman–Crippen MR) is 83.9 cm³/mol. The zero-order valence-corrected chi connectivity index (χ0v) is 13.0. The topological polar surface area (TPSA) is 49.9 Å². The Hall–Kier alpha value is -1.88. The fourth-order valence-electron chi connectivity index (χ4n) is 3.28. The first-order chi connectivity index (χ1) is 10.7. The Kier molecular flexibility index (Phi) is 4.43. The normalized spacial score (nSPS) is 23.1. The smallest absolute Gasteiger partial charge is 0.251 e. The standard InChI is InChI=1S/C17H22N2O3/c1-2-22-14-8-6-7-13(11-14)19-16(20)12-15(17(19)21)18-9-4-3-5-10-18/h6-8,11,15H,2-5,9-10,12H2,1H3. The molecule has 2 amide bonds. The fraction of sp³-hybridized carbons (Fsp3) is 0.529. The van der Waals surface area contributed by atoms with E-state index in [0.717, 1.165) is 25.9 Å². The van der Waals surface area contributed by atoms with Crippen molar-refractivity contribution in [2.75, 3.05) is 24.6 Å². The molecular formula is C17H22N2O3. The van der Waals surface area contributed by atoms with Gasteiger partial charge in [0.1, 0.15) is 5.75 Å². The average Bonchev–Trinajstić information content (AvgIpc) is 2.84. The molecule has 0 bridgehead atoms. The molecule has 1 aromatic carbocycles. The van der Waals surface area contributed by atoms with Gasteiger partial charge in [-0.15, -0.1) is 0 Å². The van der Waals surface area contributed by atoms with E-state index in [0.29, 0.717) is 18.0 Å². The average molecular weight is 302 g/mol. The third-order valence-electron chi connectivity index (χ3n) is 4.34. The van der Waals surface area contributed by atoms with Crippen LogP contribution in [0.2, 0.25) is 0 Å². The Balaban J connectivity index is 1.80. The van der Waals surface area contributed by atoms with Crippen LogP contribution in [0.4, 0.5) is 5.69 Å². The number of benzene rings is 1. The van der Waals surface area contributed by atoms with Crippen molar-refractivity contribution >= 4 is 17.5 Å². The Morgan fingerprint density at radius 2 is 1.95 bits per heavy atom. The maximum absolute atomic E-state index is 12.7. The number of carbonyl (C=O) groups excluding carboxylic acids is 2. The third-order valence-corrected chi connectivity index (χ3v) is 4.34. The molecule has 22 heavy (non-hydrogen) atoms. The second-order valence-corrected chi connectivity index (χ2v) is 5.81. The highest BCUT2D eigenvalue weighted by atomic mass is 16.5. The number of piperidine rings is 1. The second-order valence-electron chi connectivity index (χ2n) is 5.81. The van der Waals surface area contributed by atoms with Gasteiger partial charge in [0.05, 0.1) is 24.8 Å². The van der Waals surface area contributed by atoms with Gasteiger partial charge < -0.3 is 4.74 Å². The number of amides is 2. The van der Waals surface area contributed by atoms with E-state index < -0.39 is 0 Å². The molecule has 2 aliphatic rings. The van der Waals surface area contributed by atoms with Crippen molar-refractivity contribution in [1.29, 1.82) is 0 Å². The first kappa shape index (κ1) is 15.0. The van der Waals surface area contributed by atoms with Gasteiger partial charge in [0.2, 0.25) is 5.91 Å². The van der Waals surface area contributed by atoms with Gasteiger partial charge in [0, 0.05) is 6.07 Å². The lowest BCUT2D eigenvalue weighted by molar-refractivity contribution is -0.123. The molecule has 0 saturated carbocycles. The van der Waals surface area contributed by atoms with Crippen LogP contribution >= 0.6 is 0 Å². The van der Waals surface area contributed by atoms with Crippen molar-refractivity contribution in [2.45, 2.75) is 38.6 Å². The van der Waals surface area contributed by atoms with Crippen LogP contribution in [0.3, 0.4) is 0 Å². The monoisotopic (exact) mass is 302 g/mol. The summed E-state index contributed by atoms with van der Waals surface area (Å²) in [5, 5.41) is 0.